The van der Waals surface area contributed by atoms with E-state index in [2.05, 4.69) is 246 Å². The molecule has 13 aromatic rings. The molecule has 0 atom stereocenters. The maximum absolute atomic E-state index is 6.39. The standard InChI is InChI=1S/C60H40N2OSi/c1-4-19-42(20-5-1)64(43-21-6-2-7-22-43,44-23-8-3-9-24-44)45-39-37-41(38-40-45)61-51-30-13-11-26-49(51)60-54(61)33-18-34-55(60)62-52-31-14-10-25-48(52)58-46(28-16-32-53(58)62)47-29-17-36-57-59(47)50-27-12-15-35-56(50)63-57/h1-40H. The van der Waals surface area contributed by atoms with Gasteiger partial charge in [-0.25, -0.2) is 0 Å². The van der Waals surface area contributed by atoms with Crippen LogP contribution >= 0.6 is 0 Å². The van der Waals surface area contributed by atoms with Crippen LogP contribution in [-0.2, 0) is 0 Å². The van der Waals surface area contributed by atoms with Gasteiger partial charge in [-0.2, -0.15) is 0 Å². The molecule has 0 amide bonds. The second-order valence-electron chi connectivity index (χ2n) is 16.7. The zero-order valence-corrected chi connectivity index (χ0v) is 35.9. The van der Waals surface area contributed by atoms with Gasteiger partial charge >= 0.3 is 0 Å². The molecule has 0 saturated heterocycles. The fraction of sp³-hybridized carbons (Fsp3) is 0. The number of fused-ring (bicyclic) bond motifs is 9. The lowest BCUT2D eigenvalue weighted by Crippen LogP contribution is -2.74. The van der Waals surface area contributed by atoms with Gasteiger partial charge in [0.15, 0.2) is 8.07 Å². The molecule has 0 aliphatic carbocycles. The van der Waals surface area contributed by atoms with Crippen LogP contribution in [-0.4, -0.2) is 17.2 Å². The third-order valence-electron chi connectivity index (χ3n) is 13.5. The summed E-state index contributed by atoms with van der Waals surface area (Å²) in [5, 5.41) is 12.6. The first-order valence-electron chi connectivity index (χ1n) is 22.0. The van der Waals surface area contributed by atoms with Crippen molar-refractivity contribution < 1.29 is 4.42 Å². The molecule has 10 aromatic carbocycles. The van der Waals surface area contributed by atoms with Crippen molar-refractivity contribution in [3.63, 3.8) is 0 Å². The van der Waals surface area contributed by atoms with Crippen molar-refractivity contribution >= 4 is 94.4 Å². The molecule has 0 aliphatic rings. The highest BCUT2D eigenvalue weighted by molar-refractivity contribution is 7.19. The number of hydrogen-bond donors (Lipinski definition) is 0. The van der Waals surface area contributed by atoms with E-state index in [0.29, 0.717) is 0 Å². The van der Waals surface area contributed by atoms with Crippen LogP contribution in [0.4, 0.5) is 0 Å². The van der Waals surface area contributed by atoms with Crippen molar-refractivity contribution in [2.24, 2.45) is 0 Å². The minimum Gasteiger partial charge on any atom is -0.456 e. The molecule has 300 valence electrons. The highest BCUT2D eigenvalue weighted by Crippen LogP contribution is 2.45. The molecule has 3 aromatic heterocycles. The van der Waals surface area contributed by atoms with Crippen LogP contribution in [0.1, 0.15) is 0 Å². The zero-order chi connectivity index (χ0) is 42.2. The predicted octanol–water partition coefficient (Wildman–Crippen LogP) is 12.8. The van der Waals surface area contributed by atoms with E-state index in [0.717, 1.165) is 33.3 Å². The minimum atomic E-state index is -2.68. The first kappa shape index (κ1) is 36.5. The highest BCUT2D eigenvalue weighted by Gasteiger charge is 2.41. The summed E-state index contributed by atoms with van der Waals surface area (Å²) in [7, 11) is -2.68. The van der Waals surface area contributed by atoms with Crippen LogP contribution in [0.3, 0.4) is 0 Å². The topological polar surface area (TPSA) is 23.0 Å². The normalized spacial score (nSPS) is 12.1. The first-order valence-corrected chi connectivity index (χ1v) is 24.0. The van der Waals surface area contributed by atoms with Crippen LogP contribution in [0, 0.1) is 0 Å². The van der Waals surface area contributed by atoms with Gasteiger partial charge in [0.1, 0.15) is 11.2 Å². The Balaban J connectivity index is 1.04. The van der Waals surface area contributed by atoms with E-state index in [1.807, 2.05) is 6.07 Å². The number of aromatic nitrogens is 2. The lowest BCUT2D eigenvalue weighted by Gasteiger charge is -2.34. The van der Waals surface area contributed by atoms with Gasteiger partial charge in [-0.3, -0.25) is 0 Å². The van der Waals surface area contributed by atoms with Crippen molar-refractivity contribution in [2.75, 3.05) is 0 Å². The Morgan fingerprint density at radius 3 is 1.36 bits per heavy atom. The maximum Gasteiger partial charge on any atom is 0.179 e. The number of nitrogens with zero attached hydrogens (tertiary/aromatic N) is 2. The molecule has 3 nitrogen and oxygen atoms in total. The number of hydrogen-bond acceptors (Lipinski definition) is 1. The monoisotopic (exact) mass is 832 g/mol. The predicted molar refractivity (Wildman–Crippen MR) is 271 cm³/mol. The van der Waals surface area contributed by atoms with Crippen LogP contribution in [0.2, 0.25) is 0 Å². The van der Waals surface area contributed by atoms with E-state index < -0.39 is 8.07 Å². The second kappa shape index (κ2) is 14.5. The molecule has 0 unspecified atom stereocenters. The Morgan fingerprint density at radius 1 is 0.281 bits per heavy atom. The summed E-state index contributed by atoms with van der Waals surface area (Å²) in [6, 6.07) is 89.1. The molecular formula is C60H40N2OSi. The largest absolute Gasteiger partial charge is 0.456 e. The van der Waals surface area contributed by atoms with E-state index in [-0.39, 0.29) is 0 Å². The molecule has 0 radical (unpaired) electrons. The average molecular weight is 833 g/mol. The summed E-state index contributed by atoms with van der Waals surface area (Å²) in [6.45, 7) is 0. The summed E-state index contributed by atoms with van der Waals surface area (Å²) < 4.78 is 11.3. The molecule has 0 bridgehead atoms. The van der Waals surface area contributed by atoms with E-state index in [4.69, 9.17) is 4.42 Å². The van der Waals surface area contributed by atoms with Gasteiger partial charge in [-0.1, -0.05) is 188 Å². The Morgan fingerprint density at radius 2 is 0.719 bits per heavy atom. The zero-order valence-electron chi connectivity index (χ0n) is 34.9. The molecule has 0 spiro atoms. The molecule has 13 rings (SSSR count). The van der Waals surface area contributed by atoms with Crippen LogP contribution in [0.25, 0.3) is 88.1 Å². The highest BCUT2D eigenvalue weighted by atomic mass is 28.3. The number of para-hydroxylation sites is 3. The van der Waals surface area contributed by atoms with E-state index in [9.17, 15) is 0 Å². The first-order chi connectivity index (χ1) is 31.8. The third-order valence-corrected chi connectivity index (χ3v) is 18.3. The molecule has 0 aliphatic heterocycles. The smallest absolute Gasteiger partial charge is 0.179 e. The van der Waals surface area contributed by atoms with E-state index in [1.54, 1.807) is 0 Å². The Kier molecular flexibility index (Phi) is 8.23. The quantitative estimate of drug-likeness (QED) is 0.116. The molecule has 0 N–H and O–H groups in total. The van der Waals surface area contributed by atoms with Crippen molar-refractivity contribution in [2.45, 2.75) is 0 Å². The van der Waals surface area contributed by atoms with Crippen LogP contribution in [0.15, 0.2) is 247 Å². The summed E-state index contributed by atoms with van der Waals surface area (Å²) >= 11 is 0. The number of rotatable bonds is 7. The molecule has 4 heteroatoms. The molecule has 0 fully saturated rings. The van der Waals surface area contributed by atoms with Crippen molar-refractivity contribution in [1.29, 1.82) is 0 Å². The van der Waals surface area contributed by atoms with Crippen LogP contribution < -0.4 is 20.7 Å². The average Bonchev–Trinajstić information content (AvgIpc) is 4.04. The van der Waals surface area contributed by atoms with Crippen LogP contribution in [0.5, 0.6) is 0 Å². The maximum atomic E-state index is 6.39. The number of benzene rings is 10. The lowest BCUT2D eigenvalue weighted by molar-refractivity contribution is 0.669. The van der Waals surface area contributed by atoms with Crippen molar-refractivity contribution in [3.8, 4) is 22.5 Å². The molecule has 64 heavy (non-hydrogen) atoms. The summed E-state index contributed by atoms with van der Waals surface area (Å²) in [6.07, 6.45) is 0. The van der Waals surface area contributed by atoms with E-state index in [1.165, 1.54) is 75.5 Å². The summed E-state index contributed by atoms with van der Waals surface area (Å²) in [4.78, 5) is 0. The molecule has 3 heterocycles. The second-order valence-corrected chi connectivity index (χ2v) is 20.6. The van der Waals surface area contributed by atoms with Crippen molar-refractivity contribution in [3.05, 3.63) is 243 Å². The van der Waals surface area contributed by atoms with Gasteiger partial charge in [0.05, 0.1) is 27.8 Å². The molecule has 0 saturated carbocycles. The third kappa shape index (κ3) is 5.27. The van der Waals surface area contributed by atoms with Gasteiger partial charge in [-0.05, 0) is 86.5 Å². The van der Waals surface area contributed by atoms with Gasteiger partial charge in [0.2, 0.25) is 0 Å². The molecular weight excluding hydrogens is 793 g/mol. The number of furan rings is 1. The van der Waals surface area contributed by atoms with Gasteiger partial charge in [-0.15, -0.1) is 0 Å². The fourth-order valence-corrected chi connectivity index (χ4v) is 15.6. The van der Waals surface area contributed by atoms with Gasteiger partial charge in [0, 0.05) is 38.0 Å². The van der Waals surface area contributed by atoms with Gasteiger partial charge in [0.25, 0.3) is 0 Å². The minimum absolute atomic E-state index is 0.901. The Labute approximate surface area is 371 Å². The SMILES string of the molecule is c1ccc([Si](c2ccccc2)(c2ccccc2)c2ccc(-n3c4ccccc4c4c(-n5c6ccccc6c6c(-c7cccc8oc9ccccc9c78)cccc65)cccc43)cc2)cc1. The lowest BCUT2D eigenvalue weighted by atomic mass is 9.95. The Bertz CT molecular complexity index is 3790. The van der Waals surface area contributed by atoms with Crippen molar-refractivity contribution in [1.82, 2.24) is 9.13 Å². The summed E-state index contributed by atoms with van der Waals surface area (Å²) in [5.74, 6) is 0. The summed E-state index contributed by atoms with van der Waals surface area (Å²) in [5.41, 5.74) is 11.1. The van der Waals surface area contributed by atoms with Gasteiger partial charge < -0.3 is 13.6 Å². The van der Waals surface area contributed by atoms with E-state index >= 15 is 0 Å². The fourth-order valence-electron chi connectivity index (χ4n) is 10.9. The Hall–Kier alpha value is -8.18.